The van der Waals surface area contributed by atoms with Crippen molar-refractivity contribution in [3.8, 4) is 0 Å². The van der Waals surface area contributed by atoms with Gasteiger partial charge in [0.1, 0.15) is 5.54 Å². The fraction of sp³-hybridized carbons (Fsp3) is 0.371. The molecule has 0 spiro atoms. The average molecular weight is 582 g/mol. The third-order valence-corrected chi connectivity index (χ3v) is 8.72. The number of esters is 1. The summed E-state index contributed by atoms with van der Waals surface area (Å²) >= 11 is 0. The van der Waals surface area contributed by atoms with E-state index in [4.69, 9.17) is 4.74 Å². The Morgan fingerprint density at radius 1 is 0.884 bits per heavy atom. The molecule has 2 aliphatic heterocycles. The summed E-state index contributed by atoms with van der Waals surface area (Å²) < 4.78 is 5.30. The van der Waals surface area contributed by atoms with Gasteiger partial charge < -0.3 is 9.64 Å². The van der Waals surface area contributed by atoms with E-state index in [1.54, 1.807) is 11.9 Å². The van der Waals surface area contributed by atoms with Crippen LogP contribution in [0.4, 0.5) is 0 Å². The third kappa shape index (κ3) is 5.71. The molecule has 2 aliphatic rings. The highest BCUT2D eigenvalue weighted by Crippen LogP contribution is 2.45. The van der Waals surface area contributed by atoms with Gasteiger partial charge in [-0.15, -0.1) is 0 Å². The van der Waals surface area contributed by atoms with Crippen molar-refractivity contribution in [1.82, 2.24) is 15.1 Å². The number of nitrogens with zero attached hydrogens (tertiary/aromatic N) is 2. The van der Waals surface area contributed by atoms with Crippen molar-refractivity contribution in [3.05, 3.63) is 107 Å². The van der Waals surface area contributed by atoms with E-state index in [1.165, 1.54) is 12.0 Å². The number of nitrogens with one attached hydrogen (secondary N) is 1. The molecule has 0 radical (unpaired) electrons. The maximum absolute atomic E-state index is 14.1. The predicted molar refractivity (Wildman–Crippen MR) is 163 cm³/mol. The van der Waals surface area contributed by atoms with E-state index in [-0.39, 0.29) is 36.7 Å². The lowest BCUT2D eigenvalue weighted by Crippen LogP contribution is -2.59. The summed E-state index contributed by atoms with van der Waals surface area (Å²) in [4.78, 5) is 58.1. The zero-order valence-corrected chi connectivity index (χ0v) is 25.4. The quantitative estimate of drug-likeness (QED) is 0.319. The molecule has 8 nitrogen and oxygen atoms in total. The number of hydrogen-bond donors (Lipinski definition) is 1. The SMILES string of the molecule is COC(=O)[C@]1(Cc2ccccc2)N[C@H](CN(C)C(=O)c2ccc(C(C)(C)C)cc2)[C@@H]2C(=O)N(Cc3ccccc3)C(=O)[C@@H]21. The second kappa shape index (κ2) is 11.8. The Morgan fingerprint density at radius 3 is 2.02 bits per heavy atom. The van der Waals surface area contributed by atoms with E-state index in [1.807, 2.05) is 84.9 Å². The lowest BCUT2D eigenvalue weighted by atomic mass is 9.76. The van der Waals surface area contributed by atoms with Crippen LogP contribution in [0.3, 0.4) is 0 Å². The van der Waals surface area contributed by atoms with E-state index in [9.17, 15) is 19.2 Å². The van der Waals surface area contributed by atoms with Gasteiger partial charge in [0.15, 0.2) is 0 Å². The molecule has 1 N–H and O–H groups in total. The number of imide groups is 1. The second-order valence-corrected chi connectivity index (χ2v) is 12.6. The molecule has 8 heteroatoms. The van der Waals surface area contributed by atoms with E-state index < -0.39 is 35.3 Å². The first-order chi connectivity index (χ1) is 20.5. The van der Waals surface area contributed by atoms with Crippen molar-refractivity contribution in [1.29, 1.82) is 0 Å². The number of likely N-dealkylation sites (tertiary alicyclic amines) is 1. The molecular weight excluding hydrogens is 542 g/mol. The van der Waals surface area contributed by atoms with Crippen LogP contribution in [0.1, 0.15) is 47.8 Å². The van der Waals surface area contributed by atoms with Crippen molar-refractivity contribution in [3.63, 3.8) is 0 Å². The molecule has 3 aromatic carbocycles. The number of rotatable bonds is 8. The Balaban J connectivity index is 1.49. The second-order valence-electron chi connectivity index (χ2n) is 12.6. The number of likely N-dealkylation sites (N-methyl/N-ethyl adjacent to an activating group) is 1. The third-order valence-electron chi connectivity index (χ3n) is 8.72. The molecule has 2 fully saturated rings. The van der Waals surface area contributed by atoms with Crippen LogP contribution in [0.2, 0.25) is 0 Å². The fourth-order valence-corrected chi connectivity index (χ4v) is 6.50. The van der Waals surface area contributed by atoms with Crippen LogP contribution in [0.25, 0.3) is 0 Å². The molecular formula is C35H39N3O5. The lowest BCUT2D eigenvalue weighted by Gasteiger charge is -2.33. The van der Waals surface area contributed by atoms with E-state index >= 15 is 0 Å². The monoisotopic (exact) mass is 581 g/mol. The topological polar surface area (TPSA) is 96.0 Å². The van der Waals surface area contributed by atoms with Crippen molar-refractivity contribution < 1.29 is 23.9 Å². The van der Waals surface area contributed by atoms with Gasteiger partial charge in [-0.1, -0.05) is 93.6 Å². The molecule has 224 valence electrons. The van der Waals surface area contributed by atoms with Crippen molar-refractivity contribution in [2.45, 2.75) is 50.7 Å². The number of fused-ring (bicyclic) bond motifs is 1. The smallest absolute Gasteiger partial charge is 0.327 e. The van der Waals surface area contributed by atoms with Crippen LogP contribution >= 0.6 is 0 Å². The average Bonchev–Trinajstić information content (AvgIpc) is 3.45. The summed E-state index contributed by atoms with van der Waals surface area (Å²) in [5.41, 5.74) is 1.74. The zero-order chi connectivity index (χ0) is 30.9. The molecule has 3 aromatic rings. The number of carbonyl (C=O) groups is 4. The summed E-state index contributed by atoms with van der Waals surface area (Å²) in [5.74, 6) is -3.43. The minimum absolute atomic E-state index is 0.0484. The molecule has 43 heavy (non-hydrogen) atoms. The Bertz CT molecular complexity index is 1500. The first kappa shape index (κ1) is 30.2. The molecule has 3 amide bonds. The molecule has 2 saturated heterocycles. The summed E-state index contributed by atoms with van der Waals surface area (Å²) in [6.45, 7) is 6.56. The van der Waals surface area contributed by atoms with Gasteiger partial charge >= 0.3 is 5.97 Å². The number of benzene rings is 3. The Hall–Kier alpha value is -4.30. The van der Waals surface area contributed by atoms with Crippen LogP contribution in [0, 0.1) is 11.8 Å². The maximum atomic E-state index is 14.1. The predicted octanol–water partition coefficient (Wildman–Crippen LogP) is 3.98. The summed E-state index contributed by atoms with van der Waals surface area (Å²) in [5, 5.41) is 3.38. The van der Waals surface area contributed by atoms with Crippen LogP contribution in [0.15, 0.2) is 84.9 Å². The Morgan fingerprint density at radius 2 is 1.47 bits per heavy atom. The van der Waals surface area contributed by atoms with E-state index in [0.717, 1.165) is 16.7 Å². The molecule has 2 heterocycles. The molecule has 0 aromatic heterocycles. The lowest BCUT2D eigenvalue weighted by molar-refractivity contribution is -0.154. The highest BCUT2D eigenvalue weighted by atomic mass is 16.5. The van der Waals surface area contributed by atoms with Gasteiger partial charge in [0.05, 0.1) is 25.5 Å². The number of methoxy groups -OCH3 is 1. The van der Waals surface area contributed by atoms with Crippen molar-refractivity contribution >= 4 is 23.7 Å². The molecule has 5 rings (SSSR count). The normalized spacial score (nSPS) is 23.3. The number of hydrogen-bond acceptors (Lipinski definition) is 6. The Labute approximate surface area is 253 Å². The number of amides is 3. The van der Waals surface area contributed by atoms with Crippen LogP contribution in [-0.4, -0.2) is 65.8 Å². The van der Waals surface area contributed by atoms with Gasteiger partial charge in [-0.05, 0) is 34.2 Å². The maximum Gasteiger partial charge on any atom is 0.327 e. The minimum Gasteiger partial charge on any atom is -0.468 e. The molecule has 4 atom stereocenters. The minimum atomic E-state index is -1.48. The molecule has 0 bridgehead atoms. The van der Waals surface area contributed by atoms with Crippen molar-refractivity contribution in [2.75, 3.05) is 20.7 Å². The highest BCUT2D eigenvalue weighted by Gasteiger charge is 2.68. The van der Waals surface area contributed by atoms with Gasteiger partial charge in [-0.3, -0.25) is 29.4 Å². The number of ether oxygens (including phenoxy) is 1. The molecule has 0 unspecified atom stereocenters. The summed E-state index contributed by atoms with van der Waals surface area (Å²) in [7, 11) is 2.97. The van der Waals surface area contributed by atoms with Gasteiger partial charge in [-0.25, -0.2) is 0 Å². The van der Waals surface area contributed by atoms with Crippen LogP contribution in [-0.2, 0) is 37.5 Å². The standard InChI is InChI=1S/C35H39N3O5/c1-34(2,3)26-18-16-25(17-19-26)30(39)37(4)22-27-28-29(32(41)38(31(28)40)21-24-14-10-7-11-15-24)35(36-27,33(42)43-5)20-23-12-8-6-9-13-23/h6-19,27-29,36H,20-22H2,1-5H3/t27-,28+,29-,35-/m1/s1. The zero-order valence-electron chi connectivity index (χ0n) is 25.4. The largest absolute Gasteiger partial charge is 0.468 e. The van der Waals surface area contributed by atoms with Gasteiger partial charge in [0.25, 0.3) is 5.91 Å². The fourth-order valence-electron chi connectivity index (χ4n) is 6.50. The Kier molecular flexibility index (Phi) is 8.25. The van der Waals surface area contributed by atoms with Gasteiger partial charge in [0, 0.05) is 31.6 Å². The first-order valence-electron chi connectivity index (χ1n) is 14.6. The van der Waals surface area contributed by atoms with Gasteiger partial charge in [-0.2, -0.15) is 0 Å². The van der Waals surface area contributed by atoms with Crippen molar-refractivity contribution in [2.24, 2.45) is 11.8 Å². The molecule has 0 saturated carbocycles. The first-order valence-corrected chi connectivity index (χ1v) is 14.6. The highest BCUT2D eigenvalue weighted by molar-refractivity contribution is 6.09. The van der Waals surface area contributed by atoms with E-state index in [0.29, 0.717) is 5.56 Å². The summed E-state index contributed by atoms with van der Waals surface area (Å²) in [6, 6.07) is 25.5. The van der Waals surface area contributed by atoms with E-state index in [2.05, 4.69) is 26.1 Å². The van der Waals surface area contributed by atoms with Crippen LogP contribution in [0.5, 0.6) is 0 Å². The van der Waals surface area contributed by atoms with Gasteiger partial charge in [0.2, 0.25) is 11.8 Å². The van der Waals surface area contributed by atoms with Crippen LogP contribution < -0.4 is 5.32 Å². The molecule has 0 aliphatic carbocycles. The number of carbonyl (C=O) groups excluding carboxylic acids is 4. The summed E-state index contributed by atoms with van der Waals surface area (Å²) in [6.07, 6.45) is 0.155.